The molecule has 1 N–H and O–H groups in total. The lowest BCUT2D eigenvalue weighted by molar-refractivity contribution is -0.124. The van der Waals surface area contributed by atoms with Crippen molar-refractivity contribution in [2.24, 2.45) is 0 Å². The fourth-order valence-corrected chi connectivity index (χ4v) is 2.99. The summed E-state index contributed by atoms with van der Waals surface area (Å²) in [5, 5.41) is 3.06. The molecule has 1 unspecified atom stereocenters. The Labute approximate surface area is 159 Å². The molecule has 0 radical (unpaired) electrons. The quantitative estimate of drug-likeness (QED) is 0.812. The summed E-state index contributed by atoms with van der Waals surface area (Å²) in [7, 11) is 0. The van der Waals surface area contributed by atoms with Crippen LogP contribution in [0.25, 0.3) is 0 Å². The highest BCUT2D eigenvalue weighted by Gasteiger charge is 2.20. The molecule has 2 aromatic rings. The molecule has 0 spiro atoms. The van der Waals surface area contributed by atoms with Gasteiger partial charge >= 0.3 is 0 Å². The van der Waals surface area contributed by atoms with Gasteiger partial charge in [-0.3, -0.25) is 9.69 Å². The van der Waals surface area contributed by atoms with Crippen molar-refractivity contribution in [2.45, 2.75) is 13.0 Å². The second-order valence-corrected chi connectivity index (χ2v) is 6.69. The Balaban J connectivity index is 1.61. The fraction of sp³-hybridized carbons (Fsp3) is 0.381. The molecule has 1 saturated heterocycles. The van der Waals surface area contributed by atoms with E-state index in [2.05, 4.69) is 10.2 Å². The Morgan fingerprint density at radius 3 is 2.48 bits per heavy atom. The third-order valence-electron chi connectivity index (χ3n) is 4.54. The molecule has 1 amide bonds. The third-order valence-corrected chi connectivity index (χ3v) is 4.54. The van der Waals surface area contributed by atoms with Gasteiger partial charge in [-0.2, -0.15) is 0 Å². The van der Waals surface area contributed by atoms with E-state index >= 15 is 0 Å². The highest BCUT2D eigenvalue weighted by molar-refractivity contribution is 5.78. The van der Waals surface area contributed by atoms with Crippen molar-refractivity contribution in [3.05, 3.63) is 65.5 Å². The minimum atomic E-state index is -0.336. The first-order chi connectivity index (χ1) is 13.1. The molecule has 1 aliphatic heterocycles. The summed E-state index contributed by atoms with van der Waals surface area (Å²) in [5.74, 6) is -0.0819. The molecule has 3 rings (SSSR count). The van der Waals surface area contributed by atoms with E-state index < -0.39 is 0 Å². The average molecular weight is 372 g/mol. The molecule has 0 aliphatic carbocycles. The zero-order valence-corrected chi connectivity index (χ0v) is 15.5. The van der Waals surface area contributed by atoms with Crippen LogP contribution in [-0.2, 0) is 9.53 Å². The largest absolute Gasteiger partial charge is 0.484 e. The van der Waals surface area contributed by atoms with Crippen LogP contribution in [0.15, 0.2) is 48.5 Å². The Morgan fingerprint density at radius 2 is 1.81 bits per heavy atom. The molecule has 1 aliphatic rings. The van der Waals surface area contributed by atoms with Crippen molar-refractivity contribution < 1.29 is 18.7 Å². The smallest absolute Gasteiger partial charge is 0.258 e. The van der Waals surface area contributed by atoms with Crippen LogP contribution in [0.3, 0.4) is 0 Å². The zero-order valence-electron chi connectivity index (χ0n) is 15.5. The molecular weight excluding hydrogens is 347 g/mol. The molecule has 5 nitrogen and oxygen atoms in total. The third kappa shape index (κ3) is 6.05. The minimum absolute atomic E-state index is 0.114. The number of morpholine rings is 1. The van der Waals surface area contributed by atoms with Crippen LogP contribution in [0.1, 0.15) is 17.2 Å². The van der Waals surface area contributed by atoms with E-state index in [0.29, 0.717) is 25.5 Å². The number of carbonyl (C=O) groups excluding carboxylic acids is 1. The van der Waals surface area contributed by atoms with Crippen LogP contribution in [0.5, 0.6) is 5.75 Å². The van der Waals surface area contributed by atoms with Gasteiger partial charge in [0.2, 0.25) is 0 Å². The van der Waals surface area contributed by atoms with E-state index in [0.717, 1.165) is 18.7 Å². The average Bonchev–Trinajstić information content (AvgIpc) is 2.68. The highest BCUT2D eigenvalue weighted by atomic mass is 19.1. The number of amides is 1. The number of hydrogen-bond donors (Lipinski definition) is 1. The molecule has 0 saturated carbocycles. The number of benzene rings is 2. The number of nitrogens with one attached hydrogen (secondary N) is 1. The number of halogens is 1. The van der Waals surface area contributed by atoms with Gasteiger partial charge in [0.25, 0.3) is 5.91 Å². The van der Waals surface area contributed by atoms with Crippen molar-refractivity contribution in [3.63, 3.8) is 0 Å². The number of rotatable bonds is 7. The number of carbonyl (C=O) groups is 1. The predicted molar refractivity (Wildman–Crippen MR) is 101 cm³/mol. The lowest BCUT2D eigenvalue weighted by Gasteiger charge is -2.31. The lowest BCUT2D eigenvalue weighted by Crippen LogP contribution is -2.44. The van der Waals surface area contributed by atoms with Gasteiger partial charge in [0, 0.05) is 19.6 Å². The van der Waals surface area contributed by atoms with Crippen LogP contribution < -0.4 is 10.1 Å². The van der Waals surface area contributed by atoms with Crippen molar-refractivity contribution in [2.75, 3.05) is 39.5 Å². The van der Waals surface area contributed by atoms with E-state index in [1.807, 2.05) is 31.2 Å². The van der Waals surface area contributed by atoms with Gasteiger partial charge in [0.05, 0.1) is 19.3 Å². The lowest BCUT2D eigenvalue weighted by atomic mass is 10.0. The molecule has 0 aromatic heterocycles. The maximum Gasteiger partial charge on any atom is 0.258 e. The van der Waals surface area contributed by atoms with Crippen molar-refractivity contribution in [1.82, 2.24) is 10.2 Å². The van der Waals surface area contributed by atoms with Crippen molar-refractivity contribution in [1.29, 1.82) is 0 Å². The van der Waals surface area contributed by atoms with E-state index in [1.54, 1.807) is 0 Å². The van der Waals surface area contributed by atoms with E-state index in [-0.39, 0.29) is 24.4 Å². The van der Waals surface area contributed by atoms with Gasteiger partial charge in [-0.15, -0.1) is 0 Å². The molecule has 1 heterocycles. The summed E-state index contributed by atoms with van der Waals surface area (Å²) in [6, 6.07) is 13.7. The van der Waals surface area contributed by atoms with E-state index in [1.165, 1.54) is 29.8 Å². The van der Waals surface area contributed by atoms with Gasteiger partial charge in [0.1, 0.15) is 11.6 Å². The zero-order chi connectivity index (χ0) is 19.1. The molecule has 0 bridgehead atoms. The van der Waals surface area contributed by atoms with Crippen LogP contribution in [0.2, 0.25) is 0 Å². The Hall–Kier alpha value is -2.44. The predicted octanol–water partition coefficient (Wildman–Crippen LogP) is 2.70. The molecular formula is C21H25FN2O3. The van der Waals surface area contributed by atoms with Gasteiger partial charge < -0.3 is 14.8 Å². The van der Waals surface area contributed by atoms with Gasteiger partial charge in [0.15, 0.2) is 6.61 Å². The topological polar surface area (TPSA) is 50.8 Å². The first-order valence-electron chi connectivity index (χ1n) is 9.14. The summed E-state index contributed by atoms with van der Waals surface area (Å²) in [4.78, 5) is 14.7. The normalized spacial score (nSPS) is 15.9. The van der Waals surface area contributed by atoms with E-state index in [4.69, 9.17) is 9.47 Å². The maximum atomic E-state index is 12.9. The number of nitrogens with zero attached hydrogens (tertiary/aromatic N) is 1. The standard InChI is InChI=1S/C21H25FN2O3/c1-16-2-4-17(5-3-16)20(14-24-10-12-26-13-11-24)23-21(25)15-27-19-8-6-18(22)7-9-19/h2-9,20H,10-15H2,1H3,(H,23,25). The monoisotopic (exact) mass is 372 g/mol. The molecule has 1 fully saturated rings. The van der Waals surface area contributed by atoms with Crippen molar-refractivity contribution in [3.8, 4) is 5.75 Å². The van der Waals surface area contributed by atoms with Crippen LogP contribution in [0.4, 0.5) is 4.39 Å². The Morgan fingerprint density at radius 1 is 1.15 bits per heavy atom. The molecule has 1 atom stereocenters. The summed E-state index contributed by atoms with van der Waals surface area (Å²) >= 11 is 0. The fourth-order valence-electron chi connectivity index (χ4n) is 2.99. The first kappa shape index (κ1) is 19.3. The second-order valence-electron chi connectivity index (χ2n) is 6.69. The Kier molecular flexibility index (Phi) is 6.79. The molecule has 27 heavy (non-hydrogen) atoms. The summed E-state index contributed by atoms with van der Waals surface area (Å²) in [6.07, 6.45) is 0. The maximum absolute atomic E-state index is 12.9. The van der Waals surface area contributed by atoms with Gasteiger partial charge in [-0.25, -0.2) is 4.39 Å². The van der Waals surface area contributed by atoms with Crippen molar-refractivity contribution >= 4 is 5.91 Å². The molecule has 6 heteroatoms. The highest BCUT2D eigenvalue weighted by Crippen LogP contribution is 2.17. The number of hydrogen-bond acceptors (Lipinski definition) is 4. The molecule has 2 aromatic carbocycles. The van der Waals surface area contributed by atoms with Gasteiger partial charge in [-0.05, 0) is 36.8 Å². The van der Waals surface area contributed by atoms with Crippen LogP contribution >= 0.6 is 0 Å². The first-order valence-corrected chi connectivity index (χ1v) is 9.14. The summed E-state index contributed by atoms with van der Waals surface area (Å²) < 4.78 is 23.8. The van der Waals surface area contributed by atoms with Crippen LogP contribution in [-0.4, -0.2) is 50.3 Å². The SMILES string of the molecule is Cc1ccc(C(CN2CCOCC2)NC(=O)COc2ccc(F)cc2)cc1. The summed E-state index contributed by atoms with van der Waals surface area (Å²) in [6.45, 7) is 5.76. The summed E-state index contributed by atoms with van der Waals surface area (Å²) in [5.41, 5.74) is 2.23. The minimum Gasteiger partial charge on any atom is -0.484 e. The van der Waals surface area contributed by atoms with Gasteiger partial charge in [-0.1, -0.05) is 29.8 Å². The number of ether oxygens (including phenoxy) is 2. The number of aryl methyl sites for hydroxylation is 1. The molecule has 144 valence electrons. The van der Waals surface area contributed by atoms with E-state index in [9.17, 15) is 9.18 Å². The second kappa shape index (κ2) is 9.48. The van der Waals surface area contributed by atoms with Crippen LogP contribution in [0, 0.1) is 12.7 Å². The Bertz CT molecular complexity index is 728.